The van der Waals surface area contributed by atoms with Crippen LogP contribution in [-0.2, 0) is 15.6 Å². The van der Waals surface area contributed by atoms with Crippen molar-refractivity contribution in [2.45, 2.75) is 26.2 Å². The minimum Gasteiger partial charge on any atom is -0.481 e. The van der Waals surface area contributed by atoms with Gasteiger partial charge >= 0.3 is 5.97 Å². The van der Waals surface area contributed by atoms with Crippen molar-refractivity contribution >= 4 is 22.6 Å². The number of rotatable bonds is 7. The molecule has 1 unspecified atom stereocenters. The number of hydrogen-bond acceptors (Lipinski definition) is 3. The van der Waals surface area contributed by atoms with Crippen molar-refractivity contribution in [1.82, 2.24) is 0 Å². The topological polar surface area (TPSA) is 71.4 Å². The average Bonchev–Trinajstić information content (AvgIpc) is 2.36. The molecule has 0 aliphatic carbocycles. The van der Waals surface area contributed by atoms with Gasteiger partial charge in [-0.2, -0.15) is 0 Å². The molecule has 0 saturated heterocycles. The second-order valence-corrected chi connectivity index (χ2v) is 6.21. The number of carbonyl (C=O) groups is 2. The highest BCUT2D eigenvalue weighted by molar-refractivity contribution is 7.85. The fourth-order valence-corrected chi connectivity index (χ4v) is 2.56. The quantitative estimate of drug-likeness (QED) is 0.778. The summed E-state index contributed by atoms with van der Waals surface area (Å²) < 4.78 is 11.5. The summed E-state index contributed by atoms with van der Waals surface area (Å²) in [5, 5.41) is 8.48. The van der Waals surface area contributed by atoms with Gasteiger partial charge in [-0.25, -0.2) is 0 Å². The zero-order chi connectivity index (χ0) is 14.4. The highest BCUT2D eigenvalue weighted by Gasteiger charge is 2.12. The van der Waals surface area contributed by atoms with Crippen molar-refractivity contribution in [3.63, 3.8) is 0 Å². The van der Waals surface area contributed by atoms with Gasteiger partial charge in [-0.1, -0.05) is 38.1 Å². The Morgan fingerprint density at radius 2 is 1.79 bits per heavy atom. The molecular formula is C14H18O4S. The first-order valence-electron chi connectivity index (χ1n) is 6.10. The maximum Gasteiger partial charge on any atom is 0.304 e. The Hall–Kier alpha value is -1.49. The van der Waals surface area contributed by atoms with E-state index in [0.717, 1.165) is 5.56 Å². The first-order chi connectivity index (χ1) is 8.90. The number of hydrogen-bond donors (Lipinski definition) is 1. The summed E-state index contributed by atoms with van der Waals surface area (Å²) in [5.74, 6) is -0.908. The third-order valence-electron chi connectivity index (χ3n) is 2.74. The maximum absolute atomic E-state index is 11.8. The number of ketones is 1. The maximum atomic E-state index is 11.8. The van der Waals surface area contributed by atoms with Crippen LogP contribution < -0.4 is 0 Å². The summed E-state index contributed by atoms with van der Waals surface area (Å²) in [7, 11) is -1.42. The second kappa shape index (κ2) is 7.19. The van der Waals surface area contributed by atoms with E-state index >= 15 is 0 Å². The van der Waals surface area contributed by atoms with Gasteiger partial charge in [-0.3, -0.25) is 13.8 Å². The lowest BCUT2D eigenvalue weighted by atomic mass is 10.0. The molecule has 0 aromatic heterocycles. The van der Waals surface area contributed by atoms with E-state index in [0.29, 0.717) is 11.5 Å². The van der Waals surface area contributed by atoms with Crippen molar-refractivity contribution < 1.29 is 18.9 Å². The molecular weight excluding hydrogens is 264 g/mol. The van der Waals surface area contributed by atoms with Gasteiger partial charge in [-0.15, -0.1) is 0 Å². The summed E-state index contributed by atoms with van der Waals surface area (Å²) in [6.07, 6.45) is -0.174. The third-order valence-corrected chi connectivity index (χ3v) is 3.98. The van der Waals surface area contributed by atoms with Crippen LogP contribution in [0.5, 0.6) is 0 Å². The number of benzene rings is 1. The summed E-state index contributed by atoms with van der Waals surface area (Å²) in [6.45, 7) is 4.13. The standard InChI is InChI=1S/C14H18O4S/c1-10(2)11-3-5-12(6-4-11)13(15)9-19(18)8-7-14(16)17/h3-6,10H,7-9H2,1-2H3,(H,16,17). The summed E-state index contributed by atoms with van der Waals surface area (Å²) in [5.41, 5.74) is 1.66. The van der Waals surface area contributed by atoms with E-state index < -0.39 is 16.8 Å². The normalized spacial score (nSPS) is 12.4. The number of carboxylic acid groups (broad SMARTS) is 1. The van der Waals surface area contributed by atoms with Crippen LogP contribution in [0.25, 0.3) is 0 Å². The van der Waals surface area contributed by atoms with Gasteiger partial charge in [0, 0.05) is 22.1 Å². The van der Waals surface area contributed by atoms with Gasteiger partial charge in [-0.05, 0) is 11.5 Å². The number of carboxylic acids is 1. The molecule has 0 saturated carbocycles. The molecule has 104 valence electrons. The Labute approximate surface area is 115 Å². The van der Waals surface area contributed by atoms with Gasteiger partial charge in [0.05, 0.1) is 12.2 Å². The molecule has 4 nitrogen and oxygen atoms in total. The fourth-order valence-electron chi connectivity index (χ4n) is 1.56. The second-order valence-electron chi connectivity index (χ2n) is 4.63. The fraction of sp³-hybridized carbons (Fsp3) is 0.429. The lowest BCUT2D eigenvalue weighted by molar-refractivity contribution is -0.136. The molecule has 0 aliphatic rings. The molecule has 0 bridgehead atoms. The largest absolute Gasteiger partial charge is 0.481 e. The molecule has 0 aliphatic heterocycles. The Bertz CT molecular complexity index is 477. The minimum absolute atomic E-state index is 0.0190. The lowest BCUT2D eigenvalue weighted by Gasteiger charge is -2.06. The third kappa shape index (κ3) is 5.34. The zero-order valence-electron chi connectivity index (χ0n) is 11.1. The molecule has 1 aromatic carbocycles. The Balaban J connectivity index is 2.58. The van der Waals surface area contributed by atoms with E-state index in [2.05, 4.69) is 13.8 Å². The van der Waals surface area contributed by atoms with Crippen LogP contribution in [0, 0.1) is 0 Å². The predicted octanol–water partition coefficient (Wildman–Crippen LogP) is 2.22. The van der Waals surface area contributed by atoms with Crippen molar-refractivity contribution in [2.24, 2.45) is 0 Å². The molecule has 0 amide bonds. The van der Waals surface area contributed by atoms with Gasteiger partial charge in [0.25, 0.3) is 0 Å². The van der Waals surface area contributed by atoms with Gasteiger partial charge in [0.2, 0.25) is 0 Å². The summed E-state index contributed by atoms with van der Waals surface area (Å²) in [6, 6.07) is 7.23. The SMILES string of the molecule is CC(C)c1ccc(C(=O)CS(=O)CCC(=O)O)cc1. The van der Waals surface area contributed by atoms with Crippen LogP contribution in [0.4, 0.5) is 0 Å². The molecule has 1 rings (SSSR count). The van der Waals surface area contributed by atoms with Gasteiger partial charge < -0.3 is 5.11 Å². The molecule has 5 heteroatoms. The highest BCUT2D eigenvalue weighted by Crippen LogP contribution is 2.15. The molecule has 0 spiro atoms. The van der Waals surface area contributed by atoms with Crippen LogP contribution in [0.1, 0.15) is 42.1 Å². The van der Waals surface area contributed by atoms with Crippen LogP contribution >= 0.6 is 0 Å². The van der Waals surface area contributed by atoms with E-state index in [1.807, 2.05) is 12.1 Å². The van der Waals surface area contributed by atoms with Crippen molar-refractivity contribution in [3.05, 3.63) is 35.4 Å². The highest BCUT2D eigenvalue weighted by atomic mass is 32.2. The van der Waals surface area contributed by atoms with E-state index in [1.165, 1.54) is 0 Å². The van der Waals surface area contributed by atoms with E-state index in [1.54, 1.807) is 12.1 Å². The van der Waals surface area contributed by atoms with E-state index in [-0.39, 0.29) is 23.7 Å². The van der Waals surface area contributed by atoms with Crippen LogP contribution in [0.2, 0.25) is 0 Å². The van der Waals surface area contributed by atoms with E-state index in [4.69, 9.17) is 5.11 Å². The predicted molar refractivity (Wildman–Crippen MR) is 75.0 cm³/mol. The summed E-state index contributed by atoms with van der Waals surface area (Å²) in [4.78, 5) is 22.2. The molecule has 0 heterocycles. The first kappa shape index (κ1) is 15.6. The molecule has 1 N–H and O–H groups in total. The Kier molecular flexibility index (Phi) is 5.89. The Morgan fingerprint density at radius 3 is 2.26 bits per heavy atom. The molecule has 1 atom stereocenters. The van der Waals surface area contributed by atoms with Crippen LogP contribution in [0.3, 0.4) is 0 Å². The Morgan fingerprint density at radius 1 is 1.21 bits per heavy atom. The monoisotopic (exact) mass is 282 g/mol. The average molecular weight is 282 g/mol. The molecule has 0 fully saturated rings. The van der Waals surface area contributed by atoms with Gasteiger partial charge in [0.15, 0.2) is 5.78 Å². The number of Topliss-reactive ketones (excluding diaryl/α,β-unsaturated/α-hetero) is 1. The smallest absolute Gasteiger partial charge is 0.304 e. The van der Waals surface area contributed by atoms with E-state index in [9.17, 15) is 13.8 Å². The van der Waals surface area contributed by atoms with Gasteiger partial charge in [0.1, 0.15) is 0 Å². The lowest BCUT2D eigenvalue weighted by Crippen LogP contribution is -2.15. The van der Waals surface area contributed by atoms with Crippen molar-refractivity contribution in [3.8, 4) is 0 Å². The molecule has 1 aromatic rings. The van der Waals surface area contributed by atoms with Crippen molar-refractivity contribution in [2.75, 3.05) is 11.5 Å². The van der Waals surface area contributed by atoms with Crippen LogP contribution in [-0.4, -0.2) is 32.6 Å². The van der Waals surface area contributed by atoms with Crippen molar-refractivity contribution in [1.29, 1.82) is 0 Å². The zero-order valence-corrected chi connectivity index (χ0v) is 11.9. The number of carbonyl (C=O) groups excluding carboxylic acids is 1. The van der Waals surface area contributed by atoms with Crippen LogP contribution in [0.15, 0.2) is 24.3 Å². The first-order valence-corrected chi connectivity index (χ1v) is 7.59. The minimum atomic E-state index is -1.42. The molecule has 0 radical (unpaired) electrons. The molecule has 19 heavy (non-hydrogen) atoms. The number of aliphatic carboxylic acids is 1. The summed E-state index contributed by atoms with van der Waals surface area (Å²) >= 11 is 0.